The number of aliphatic carboxylic acids is 1. The van der Waals surface area contributed by atoms with Crippen LogP contribution in [0.1, 0.15) is 44.0 Å². The number of carboxylic acids is 1. The minimum atomic E-state index is -0.884. The molecule has 1 aromatic heterocycles. The van der Waals surface area contributed by atoms with Crippen molar-refractivity contribution in [3.8, 4) is 11.1 Å². The smallest absolute Gasteiger partial charge is 0.305 e. The van der Waals surface area contributed by atoms with E-state index >= 15 is 0 Å². The third-order valence-corrected chi connectivity index (χ3v) is 9.80. The van der Waals surface area contributed by atoms with Gasteiger partial charge in [-0.25, -0.2) is 20.0 Å². The van der Waals surface area contributed by atoms with Crippen LogP contribution >= 0.6 is 0 Å². The Balaban J connectivity index is 0.917. The lowest BCUT2D eigenvalue weighted by Gasteiger charge is -2.22. The molecule has 3 heterocycles. The fraction of sp³-hybridized carbons (Fsp3) is 0.604. The van der Waals surface area contributed by atoms with Crippen molar-refractivity contribution in [3.05, 3.63) is 59.2 Å². The molecule has 0 aliphatic carbocycles. The van der Waals surface area contributed by atoms with Gasteiger partial charge in [0, 0.05) is 54.7 Å². The molecule has 2 aliphatic heterocycles. The number of ether oxygens (including phenoxy) is 10. The molecular weight excluding hydrogens is 915 g/mol. The summed E-state index contributed by atoms with van der Waals surface area (Å²) in [5.41, 5.74) is 10.7. The lowest BCUT2D eigenvalue weighted by molar-refractivity contribution is -0.178. The number of carboxylic acid groups (broad SMARTS) is 1. The van der Waals surface area contributed by atoms with Gasteiger partial charge in [0.1, 0.15) is 11.7 Å². The summed E-state index contributed by atoms with van der Waals surface area (Å²) >= 11 is 0. The minimum absolute atomic E-state index is 0.0146. The molecule has 4 rings (SSSR count). The van der Waals surface area contributed by atoms with Gasteiger partial charge >= 0.3 is 5.97 Å². The SMILES string of the molecule is CCCN(OCC1=CC=NC1)C(=O)C1=Cc2ccc(-c3cnc(CNC(=O)CCOCCOCCOCCOCCOCCOCCOCCOCCOCCOCCC(=O)O)nc3)cc2N=C(N)C1. The third kappa shape index (κ3) is 25.7. The molecule has 22 heteroatoms. The average molecular weight is 986 g/mol. The zero-order valence-electron chi connectivity index (χ0n) is 40.4. The maximum Gasteiger partial charge on any atom is 0.305 e. The predicted octanol–water partition coefficient (Wildman–Crippen LogP) is 2.75. The molecule has 0 spiro atoms. The van der Waals surface area contributed by atoms with Crippen molar-refractivity contribution < 1.29 is 71.7 Å². The van der Waals surface area contributed by atoms with E-state index in [0.717, 1.165) is 28.7 Å². The monoisotopic (exact) mass is 986 g/mol. The molecule has 0 radical (unpaired) electrons. The number of aliphatic imine (C=N–C) groups is 2. The summed E-state index contributed by atoms with van der Waals surface area (Å²) in [7, 11) is 0. The summed E-state index contributed by atoms with van der Waals surface area (Å²) in [6, 6.07) is 5.69. The van der Waals surface area contributed by atoms with Gasteiger partial charge in [-0.2, -0.15) is 0 Å². The highest BCUT2D eigenvalue weighted by molar-refractivity contribution is 6.05. The van der Waals surface area contributed by atoms with Crippen LogP contribution in [0.4, 0.5) is 5.69 Å². The highest BCUT2D eigenvalue weighted by atomic mass is 16.7. The first-order valence-electron chi connectivity index (χ1n) is 23.7. The van der Waals surface area contributed by atoms with E-state index in [1.165, 1.54) is 5.06 Å². The van der Waals surface area contributed by atoms with Gasteiger partial charge in [0.2, 0.25) is 5.91 Å². The van der Waals surface area contributed by atoms with Crippen LogP contribution in [0, 0.1) is 0 Å². The number of hydrogen-bond donors (Lipinski definition) is 3. The summed E-state index contributed by atoms with van der Waals surface area (Å²) in [5, 5.41) is 12.7. The van der Waals surface area contributed by atoms with Crippen LogP contribution in [0.5, 0.6) is 0 Å². The summed E-state index contributed by atoms with van der Waals surface area (Å²) in [6.07, 6.45) is 9.91. The number of amides is 2. The number of nitrogens with one attached hydrogen (secondary N) is 1. The van der Waals surface area contributed by atoms with Gasteiger partial charge in [-0.05, 0) is 35.8 Å². The second-order valence-electron chi connectivity index (χ2n) is 15.4. The molecular formula is C48H71N7O15. The third-order valence-electron chi connectivity index (χ3n) is 9.80. The van der Waals surface area contributed by atoms with Gasteiger partial charge in [-0.15, -0.1) is 0 Å². The van der Waals surface area contributed by atoms with Crippen LogP contribution in [0.2, 0.25) is 0 Å². The van der Waals surface area contributed by atoms with E-state index in [0.29, 0.717) is 155 Å². The molecule has 0 saturated carbocycles. The molecule has 2 aliphatic rings. The first-order valence-corrected chi connectivity index (χ1v) is 23.7. The Morgan fingerprint density at radius 1 is 0.686 bits per heavy atom. The van der Waals surface area contributed by atoms with Crippen LogP contribution in [0.15, 0.2) is 57.8 Å². The lowest BCUT2D eigenvalue weighted by atomic mass is 10.0. The molecule has 0 unspecified atom stereocenters. The summed E-state index contributed by atoms with van der Waals surface area (Å²) < 4.78 is 54.4. The van der Waals surface area contributed by atoms with Crippen LogP contribution in [0.3, 0.4) is 0 Å². The normalized spacial score (nSPS) is 13.1. The van der Waals surface area contributed by atoms with Crippen LogP contribution in [-0.4, -0.2) is 202 Å². The van der Waals surface area contributed by atoms with E-state index < -0.39 is 5.97 Å². The van der Waals surface area contributed by atoms with Crippen LogP contribution < -0.4 is 11.1 Å². The topological polar surface area (TPSA) is 265 Å². The Morgan fingerprint density at radius 3 is 1.66 bits per heavy atom. The Morgan fingerprint density at radius 2 is 1.19 bits per heavy atom. The number of carbonyl (C=O) groups excluding carboxylic acids is 2. The fourth-order valence-electron chi connectivity index (χ4n) is 6.20. The van der Waals surface area contributed by atoms with Gasteiger partial charge in [-0.3, -0.25) is 24.2 Å². The number of hydroxylamine groups is 2. The van der Waals surface area contributed by atoms with Crippen molar-refractivity contribution in [1.82, 2.24) is 20.3 Å². The summed E-state index contributed by atoms with van der Waals surface area (Å²) in [6.45, 7) is 11.6. The van der Waals surface area contributed by atoms with Gasteiger partial charge in [-0.1, -0.05) is 19.1 Å². The number of carbonyl (C=O) groups is 3. The van der Waals surface area contributed by atoms with E-state index in [-0.39, 0.29) is 57.4 Å². The van der Waals surface area contributed by atoms with E-state index in [9.17, 15) is 14.4 Å². The van der Waals surface area contributed by atoms with E-state index in [2.05, 4.69) is 25.3 Å². The summed E-state index contributed by atoms with van der Waals surface area (Å²) in [5.74, 6) is -0.541. The predicted molar refractivity (Wildman–Crippen MR) is 258 cm³/mol. The number of nitrogens with two attached hydrogens (primary N) is 1. The van der Waals surface area contributed by atoms with Crippen molar-refractivity contribution in [2.24, 2.45) is 15.7 Å². The zero-order valence-corrected chi connectivity index (χ0v) is 40.4. The molecule has 70 heavy (non-hydrogen) atoms. The molecule has 4 N–H and O–H groups in total. The highest BCUT2D eigenvalue weighted by Crippen LogP contribution is 2.32. The molecule has 1 aromatic carbocycles. The second-order valence-corrected chi connectivity index (χ2v) is 15.4. The van der Waals surface area contributed by atoms with Gasteiger partial charge in [0.05, 0.1) is 164 Å². The fourth-order valence-corrected chi connectivity index (χ4v) is 6.20. The van der Waals surface area contributed by atoms with Crippen molar-refractivity contribution in [3.63, 3.8) is 0 Å². The minimum Gasteiger partial charge on any atom is -0.481 e. The summed E-state index contributed by atoms with van der Waals surface area (Å²) in [4.78, 5) is 59.8. The average Bonchev–Trinajstić information content (AvgIpc) is 3.82. The number of allylic oxidation sites excluding steroid dienone is 1. The number of benzene rings is 1. The molecule has 0 saturated heterocycles. The molecule has 388 valence electrons. The Labute approximate surface area is 409 Å². The van der Waals surface area contributed by atoms with Crippen LogP contribution in [0.25, 0.3) is 17.2 Å². The molecule has 2 amide bonds. The van der Waals surface area contributed by atoms with Gasteiger partial charge in [0.15, 0.2) is 0 Å². The molecule has 2 aromatic rings. The maximum atomic E-state index is 13.5. The van der Waals surface area contributed by atoms with E-state index in [1.807, 2.05) is 37.3 Å². The standard InChI is InChI=1S/C48H71N7O15/c1-2-9-55(70-37-38-5-8-50-33-38)48(59)41-30-40-4-3-39(31-43(40)54-44(49)32-41)42-34-51-45(52-35-42)36-53-46(56)6-10-60-12-14-62-16-18-64-20-22-66-24-26-68-28-29-69-27-25-67-23-21-65-19-17-63-15-13-61-11-7-47(57)58/h3-5,8,30-31,34-35H,2,6-7,9-29,32-33,36-37H2,1H3,(H2,49,54)(H,53,56)(H,57,58). The van der Waals surface area contributed by atoms with E-state index in [4.69, 9.17) is 63.0 Å². The molecule has 0 bridgehead atoms. The second kappa shape index (κ2) is 36.8. The Bertz CT molecular complexity index is 1930. The number of rotatable bonds is 42. The van der Waals surface area contributed by atoms with Crippen molar-refractivity contribution >= 4 is 41.6 Å². The highest BCUT2D eigenvalue weighted by Gasteiger charge is 2.23. The number of nitrogens with zero attached hydrogens (tertiary/aromatic N) is 5. The van der Waals surface area contributed by atoms with Gasteiger partial charge < -0.3 is 63.5 Å². The van der Waals surface area contributed by atoms with Crippen molar-refractivity contribution in [2.75, 3.05) is 152 Å². The van der Waals surface area contributed by atoms with Crippen LogP contribution in [-0.2, 0) is 73.1 Å². The van der Waals surface area contributed by atoms with Crippen molar-refractivity contribution in [2.45, 2.75) is 39.2 Å². The maximum absolute atomic E-state index is 13.5. The largest absolute Gasteiger partial charge is 0.481 e. The molecule has 0 fully saturated rings. The molecule has 0 atom stereocenters. The zero-order chi connectivity index (χ0) is 49.7. The van der Waals surface area contributed by atoms with Gasteiger partial charge in [0.25, 0.3) is 5.91 Å². The number of amidine groups is 1. The Kier molecular flexibility index (Phi) is 30.2. The Hall–Kier alpha value is -5.11. The van der Waals surface area contributed by atoms with Crippen molar-refractivity contribution in [1.29, 1.82) is 0 Å². The number of fused-ring (bicyclic) bond motifs is 1. The first kappa shape index (κ1) is 57.5. The first-order chi connectivity index (χ1) is 34.3. The lowest BCUT2D eigenvalue weighted by Crippen LogP contribution is -2.34. The van der Waals surface area contributed by atoms with E-state index in [1.54, 1.807) is 18.6 Å². The number of aromatic nitrogens is 2. The molecule has 22 nitrogen and oxygen atoms in total. The quantitative estimate of drug-likeness (QED) is 0.0638. The number of hydrogen-bond acceptors (Lipinski definition) is 19.